The molecule has 0 unspecified atom stereocenters. The summed E-state index contributed by atoms with van der Waals surface area (Å²) in [7, 11) is 0. The van der Waals surface area contributed by atoms with E-state index >= 15 is 0 Å². The van der Waals surface area contributed by atoms with Crippen molar-refractivity contribution in [2.24, 2.45) is 5.16 Å². The first-order valence-electron chi connectivity index (χ1n) is 5.32. The van der Waals surface area contributed by atoms with Gasteiger partial charge in [0.2, 0.25) is 0 Å². The van der Waals surface area contributed by atoms with E-state index in [0.29, 0.717) is 5.16 Å². The molecule has 27 heavy (non-hydrogen) atoms. The molecule has 19 heteroatoms. The van der Waals surface area contributed by atoms with Crippen molar-refractivity contribution >= 4 is 5.97 Å². The number of nitrogens with zero attached hydrogens (tertiary/aromatic N) is 1. The van der Waals surface area contributed by atoms with Crippen molar-refractivity contribution in [3.63, 3.8) is 0 Å². The van der Waals surface area contributed by atoms with Crippen LogP contribution in [0.1, 0.15) is 0 Å². The summed E-state index contributed by atoms with van der Waals surface area (Å²) < 4.78 is 207. The van der Waals surface area contributed by atoms with Crippen LogP contribution < -0.4 is 0 Å². The third-order valence-electron chi connectivity index (χ3n) is 2.37. The van der Waals surface area contributed by atoms with Crippen LogP contribution >= 0.6 is 0 Å². The lowest BCUT2D eigenvalue weighted by Crippen LogP contribution is -2.61. The Morgan fingerprint density at radius 3 is 1.15 bits per heavy atom. The lowest BCUT2D eigenvalue weighted by atomic mass is 10.1. The highest BCUT2D eigenvalue weighted by atomic mass is 19.4. The van der Waals surface area contributed by atoms with E-state index in [1.165, 1.54) is 0 Å². The minimum atomic E-state index is -7.69. The second-order valence-corrected chi connectivity index (χ2v) is 4.28. The van der Waals surface area contributed by atoms with Crippen LogP contribution in [-0.4, -0.2) is 48.1 Å². The van der Waals surface area contributed by atoms with Gasteiger partial charge in [0.15, 0.2) is 0 Å². The molecular weight excluding hydrogens is 449 g/mol. The molecule has 0 aromatic carbocycles. The maximum absolute atomic E-state index is 12.6. The van der Waals surface area contributed by atoms with Crippen molar-refractivity contribution < 1.29 is 79.5 Å². The van der Waals surface area contributed by atoms with Crippen LogP contribution in [-0.2, 0) is 4.84 Å². The number of rotatable bonds is 6. The van der Waals surface area contributed by atoms with Gasteiger partial charge in [-0.25, -0.2) is 0 Å². The first-order valence-corrected chi connectivity index (χ1v) is 5.32. The predicted molar refractivity (Wildman–Crippen MR) is 46.5 cm³/mol. The molecule has 0 spiro atoms. The fourth-order valence-corrected chi connectivity index (χ4v) is 0.880. The molecule has 0 saturated heterocycles. The van der Waals surface area contributed by atoms with Gasteiger partial charge in [-0.05, 0) is 5.16 Å². The van der Waals surface area contributed by atoms with Crippen LogP contribution in [0.4, 0.5) is 74.6 Å². The molecule has 162 valence electrons. The van der Waals surface area contributed by atoms with E-state index in [1.807, 2.05) is 0 Å². The van der Waals surface area contributed by atoms with E-state index in [9.17, 15) is 74.6 Å². The fraction of sp³-hybridized carbons (Fsp3) is 0.875. The Morgan fingerprint density at radius 2 is 0.852 bits per heavy atom. The van der Waals surface area contributed by atoms with E-state index in [2.05, 4.69) is 0 Å². The van der Waals surface area contributed by atoms with Gasteiger partial charge in [0, 0.05) is 0 Å². The zero-order chi connectivity index (χ0) is 22.5. The molecule has 0 saturated carbocycles. The van der Waals surface area contributed by atoms with Gasteiger partial charge in [-0.1, -0.05) is 0 Å². The highest BCUT2D eigenvalue weighted by molar-refractivity contribution is 5.83. The molecule has 0 rings (SSSR count). The molecule has 0 atom stereocenters. The smallest absolute Gasteiger partial charge is 0.314 e. The Labute approximate surface area is 134 Å². The Balaban J connectivity index is 5.91. The minimum Gasteiger partial charge on any atom is -0.314 e. The van der Waals surface area contributed by atoms with E-state index in [0.717, 1.165) is 0 Å². The van der Waals surface area contributed by atoms with Gasteiger partial charge in [-0.2, -0.15) is 74.6 Å². The summed E-state index contributed by atoms with van der Waals surface area (Å²) in [6, 6.07) is 0. The lowest BCUT2D eigenvalue weighted by molar-refractivity contribution is -0.444. The monoisotopic (exact) mass is 449 g/mol. The van der Waals surface area contributed by atoms with E-state index in [-0.39, 0.29) is 0 Å². The number of halogens is 17. The molecule has 0 fully saturated rings. The molecule has 0 amide bonds. The van der Waals surface area contributed by atoms with Crippen molar-refractivity contribution in [2.75, 3.05) is 0 Å². The quantitative estimate of drug-likeness (QED) is 0.297. The van der Waals surface area contributed by atoms with Crippen molar-refractivity contribution in [3.05, 3.63) is 0 Å². The summed E-state index contributed by atoms with van der Waals surface area (Å²) >= 11 is 0. The molecule has 2 nitrogen and oxygen atoms in total. The normalized spacial score (nSPS) is 16.6. The van der Waals surface area contributed by atoms with Crippen LogP contribution in [0.25, 0.3) is 0 Å². The topological polar surface area (TPSA) is 21.6 Å². The molecule has 0 aliphatic rings. The first-order chi connectivity index (χ1) is 11.4. The summed E-state index contributed by atoms with van der Waals surface area (Å²) in [4.78, 5) is 1.70. The van der Waals surface area contributed by atoms with Crippen molar-refractivity contribution in [1.29, 1.82) is 0 Å². The van der Waals surface area contributed by atoms with E-state index in [1.54, 1.807) is 4.84 Å². The Kier molecular flexibility index (Phi) is 6.01. The van der Waals surface area contributed by atoms with Crippen molar-refractivity contribution in [2.45, 2.75) is 42.2 Å². The maximum Gasteiger partial charge on any atom is 0.490 e. The molecule has 0 aliphatic carbocycles. The van der Waals surface area contributed by atoms with Crippen LogP contribution in [0.3, 0.4) is 0 Å². The van der Waals surface area contributed by atoms with Crippen molar-refractivity contribution in [3.8, 4) is 0 Å². The van der Waals surface area contributed by atoms with Gasteiger partial charge in [-0.15, -0.1) is 0 Å². The predicted octanol–water partition coefficient (Wildman–Crippen LogP) is 5.54. The Bertz CT molecular complexity index is 568. The van der Waals surface area contributed by atoms with Crippen LogP contribution in [0.15, 0.2) is 5.16 Å². The standard InChI is InChI=1S/C8F17NO/c9-1(2(10,11)3(12,13)6(18,19)20)26-27-8(24,25)5(16,17)4(14,15)7(21,22)23/b26-1-. The molecule has 0 aromatic heterocycles. The largest absolute Gasteiger partial charge is 0.490 e. The molecular formula is C8F17NO. The highest BCUT2D eigenvalue weighted by Crippen LogP contribution is 2.54. The molecule has 0 aliphatic heterocycles. The fourth-order valence-electron chi connectivity index (χ4n) is 0.880. The maximum atomic E-state index is 12.6. The SMILES string of the molecule is F/C(=N\OC(F)(F)C(F)(F)C(F)(F)C(F)(F)F)C(F)(F)C(F)(F)C(F)(F)F. The third-order valence-corrected chi connectivity index (χ3v) is 2.37. The van der Waals surface area contributed by atoms with Gasteiger partial charge < -0.3 is 4.84 Å². The van der Waals surface area contributed by atoms with Gasteiger partial charge in [-0.3, -0.25) is 0 Å². The van der Waals surface area contributed by atoms with E-state index in [4.69, 9.17) is 0 Å². The Hall–Kier alpha value is -1.72. The number of oxime groups is 1. The average Bonchev–Trinajstić information content (AvgIpc) is 2.41. The molecule has 0 aromatic rings. The summed E-state index contributed by atoms with van der Waals surface area (Å²) in [5.74, 6) is -34.5. The zero-order valence-electron chi connectivity index (χ0n) is 11.3. The van der Waals surface area contributed by atoms with Gasteiger partial charge in [0.25, 0.3) is 0 Å². The summed E-state index contributed by atoms with van der Waals surface area (Å²) in [6.07, 6.45) is -22.0. The first kappa shape index (κ1) is 25.3. The number of hydrogen-bond donors (Lipinski definition) is 0. The molecule has 0 N–H and O–H groups in total. The molecule has 0 radical (unpaired) electrons. The highest BCUT2D eigenvalue weighted by Gasteiger charge is 2.84. The van der Waals surface area contributed by atoms with Crippen LogP contribution in [0.2, 0.25) is 0 Å². The third kappa shape index (κ3) is 3.94. The van der Waals surface area contributed by atoms with Gasteiger partial charge in [0.1, 0.15) is 0 Å². The second kappa shape index (κ2) is 6.42. The summed E-state index contributed by atoms with van der Waals surface area (Å²) in [5, 5.41) is 0.398. The average molecular weight is 449 g/mol. The summed E-state index contributed by atoms with van der Waals surface area (Å²) in [6.45, 7) is 0. The van der Waals surface area contributed by atoms with Crippen molar-refractivity contribution in [1.82, 2.24) is 0 Å². The Morgan fingerprint density at radius 1 is 0.519 bits per heavy atom. The molecule has 0 bridgehead atoms. The van der Waals surface area contributed by atoms with E-state index < -0.39 is 48.1 Å². The lowest BCUT2D eigenvalue weighted by Gasteiger charge is -2.31. The zero-order valence-corrected chi connectivity index (χ0v) is 11.3. The van der Waals surface area contributed by atoms with Crippen LogP contribution in [0, 0.1) is 0 Å². The second-order valence-electron chi connectivity index (χ2n) is 4.28. The summed E-state index contributed by atoms with van der Waals surface area (Å²) in [5.41, 5.74) is 0. The number of alkyl halides is 16. The van der Waals surface area contributed by atoms with Gasteiger partial charge in [0.05, 0.1) is 0 Å². The van der Waals surface area contributed by atoms with Gasteiger partial charge >= 0.3 is 48.1 Å². The number of hydrogen-bond acceptors (Lipinski definition) is 2. The van der Waals surface area contributed by atoms with Crippen LogP contribution in [0.5, 0.6) is 0 Å². The minimum absolute atomic E-state index is 0.398. The molecule has 0 heterocycles.